The number of imide groups is 1. The highest BCUT2D eigenvalue weighted by atomic mass is 31.2. The summed E-state index contributed by atoms with van der Waals surface area (Å²) in [5, 5.41) is 17.3. The molecule has 1 saturated carbocycles. The monoisotopic (exact) mass is 666 g/mol. The highest BCUT2D eigenvalue weighted by molar-refractivity contribution is 7.54. The zero-order valence-electron chi connectivity index (χ0n) is 28.4. The first-order chi connectivity index (χ1) is 21.8. The van der Waals surface area contributed by atoms with Gasteiger partial charge in [0.05, 0.1) is 19.8 Å². The van der Waals surface area contributed by atoms with Crippen molar-refractivity contribution in [1.29, 1.82) is 0 Å². The zero-order chi connectivity index (χ0) is 33.7. The Kier molecular flexibility index (Phi) is 15.0. The van der Waals surface area contributed by atoms with Gasteiger partial charge in [-0.05, 0) is 59.4 Å². The number of hydrogen-bond acceptors (Lipinski definition) is 10. The molecule has 1 aromatic rings. The number of carbonyl (C=O) groups excluding carboxylic acids is 2. The molecular weight excluding hydrogens is 611 g/mol. The van der Waals surface area contributed by atoms with E-state index in [1.165, 1.54) is 11.3 Å². The van der Waals surface area contributed by atoms with E-state index in [0.29, 0.717) is 25.4 Å². The van der Waals surface area contributed by atoms with Crippen molar-refractivity contribution < 1.29 is 37.8 Å². The summed E-state index contributed by atoms with van der Waals surface area (Å²) in [6.45, 7) is 11.7. The van der Waals surface area contributed by atoms with E-state index in [2.05, 4.69) is 10.6 Å². The minimum absolute atomic E-state index is 0.159. The number of hydrogen-bond donors (Lipinski definition) is 3. The molecule has 3 rings (SSSR count). The molecule has 1 aliphatic carbocycles. The van der Waals surface area contributed by atoms with Crippen molar-refractivity contribution in [2.45, 2.75) is 117 Å². The summed E-state index contributed by atoms with van der Waals surface area (Å²) >= 11 is 0. The summed E-state index contributed by atoms with van der Waals surface area (Å²) < 4.78 is 36.0. The van der Waals surface area contributed by atoms with Crippen LogP contribution in [0.25, 0.3) is 0 Å². The lowest BCUT2D eigenvalue weighted by atomic mass is 9.84. The number of urea groups is 1. The molecule has 260 valence electrons. The van der Waals surface area contributed by atoms with Gasteiger partial charge in [-0.1, -0.05) is 62.4 Å². The topological polar surface area (TPSA) is 139 Å². The van der Waals surface area contributed by atoms with Crippen molar-refractivity contribution in [2.75, 3.05) is 26.6 Å². The second-order valence-corrected chi connectivity index (χ2v) is 15.2. The molecule has 46 heavy (non-hydrogen) atoms. The first-order valence-electron chi connectivity index (χ1n) is 16.5. The summed E-state index contributed by atoms with van der Waals surface area (Å²) in [5.74, 6) is -0.943. The van der Waals surface area contributed by atoms with Crippen LogP contribution in [0.3, 0.4) is 0 Å². The van der Waals surface area contributed by atoms with Crippen LogP contribution in [0.1, 0.15) is 92.1 Å². The molecule has 2 unspecified atom stereocenters. The van der Waals surface area contributed by atoms with Gasteiger partial charge in [-0.3, -0.25) is 9.46 Å². The lowest BCUT2D eigenvalue weighted by Gasteiger charge is -2.35. The first-order valence-corrected chi connectivity index (χ1v) is 18.2. The van der Waals surface area contributed by atoms with Crippen LogP contribution in [0, 0.1) is 5.92 Å². The number of amides is 3. The molecule has 13 heteroatoms. The van der Waals surface area contributed by atoms with Crippen LogP contribution < -0.4 is 10.6 Å². The lowest BCUT2D eigenvalue weighted by molar-refractivity contribution is 0.0288. The number of benzene rings is 1. The number of aliphatic hydroxyl groups is 1. The predicted octanol–water partition coefficient (Wildman–Crippen LogP) is 6.51. The number of carbonyl (C=O) groups is 2. The number of rotatable bonds is 16. The molecule has 1 aromatic carbocycles. The fraction of sp³-hybridized carbons (Fsp3) is 0.697. The van der Waals surface area contributed by atoms with Crippen LogP contribution in [0.4, 0.5) is 9.59 Å². The largest absolute Gasteiger partial charge is 0.443 e. The van der Waals surface area contributed by atoms with Gasteiger partial charge in [0.2, 0.25) is 0 Å². The quantitative estimate of drug-likeness (QED) is 0.167. The summed E-state index contributed by atoms with van der Waals surface area (Å²) in [5.41, 5.74) is 1.08. The number of nitrogens with one attached hydrogen (secondary N) is 2. The average Bonchev–Trinajstić information content (AvgIpc) is 3.39. The maximum absolute atomic E-state index is 13.6. The molecule has 1 aliphatic heterocycles. The van der Waals surface area contributed by atoms with E-state index in [9.17, 15) is 19.3 Å². The molecule has 2 aliphatic rings. The van der Waals surface area contributed by atoms with Crippen molar-refractivity contribution >= 4 is 19.7 Å². The Hall–Kier alpha value is -2.47. The standard InChI is InChI=1S/C33H55N4O8P/c1-7-43-46(41,44-8-2)30(38)29(20-26-15-11-9-12-16-26)34-25(3)19-28-21-36(31(39)35-32(40)45-33(4,5)6)23-37(28)24-42-22-27-17-13-10-14-18-27/h10,13-14,17-18,21,25-26,29-30,34,38H,7-9,11-12,15-16,19-20,22-24H2,1-6H3,(H,35,39,40)/t25?,29-,30?/m0/s1. The second-order valence-electron chi connectivity index (χ2n) is 13.1. The molecule has 0 bridgehead atoms. The summed E-state index contributed by atoms with van der Waals surface area (Å²) in [6.07, 6.45) is 7.59. The predicted molar refractivity (Wildman–Crippen MR) is 177 cm³/mol. The van der Waals surface area contributed by atoms with Gasteiger partial charge in [0.1, 0.15) is 19.0 Å². The van der Waals surface area contributed by atoms with E-state index >= 15 is 0 Å². The number of ether oxygens (including phenoxy) is 2. The molecule has 12 nitrogen and oxygen atoms in total. The van der Waals surface area contributed by atoms with Crippen molar-refractivity contribution in [3.63, 3.8) is 0 Å². The van der Waals surface area contributed by atoms with Gasteiger partial charge >= 0.3 is 19.7 Å². The fourth-order valence-corrected chi connectivity index (χ4v) is 7.63. The molecule has 1 fully saturated rings. The van der Waals surface area contributed by atoms with Gasteiger partial charge in [-0.15, -0.1) is 0 Å². The van der Waals surface area contributed by atoms with Crippen LogP contribution in [-0.2, 0) is 29.7 Å². The van der Waals surface area contributed by atoms with Gasteiger partial charge in [0.15, 0.2) is 5.85 Å². The average molecular weight is 667 g/mol. The van der Waals surface area contributed by atoms with Crippen LogP contribution in [-0.4, -0.2) is 77.2 Å². The number of nitrogens with zero attached hydrogens (tertiary/aromatic N) is 2. The fourth-order valence-electron chi connectivity index (χ4n) is 5.88. The van der Waals surface area contributed by atoms with E-state index in [0.717, 1.165) is 36.9 Å². The first kappa shape index (κ1) is 38.0. The summed E-state index contributed by atoms with van der Waals surface area (Å²) in [6, 6.07) is 8.46. The Bertz CT molecular complexity index is 1160. The normalized spacial score (nSPS) is 18.2. The highest BCUT2D eigenvalue weighted by Crippen LogP contribution is 2.54. The van der Waals surface area contributed by atoms with E-state index < -0.39 is 37.2 Å². The summed E-state index contributed by atoms with van der Waals surface area (Å²) in [7, 11) is -3.79. The molecule has 1 heterocycles. The van der Waals surface area contributed by atoms with Crippen molar-refractivity contribution in [2.24, 2.45) is 5.92 Å². The second kappa shape index (κ2) is 18.2. The molecule has 3 amide bonds. The molecule has 0 saturated heterocycles. The van der Waals surface area contributed by atoms with Gasteiger partial charge < -0.3 is 33.8 Å². The molecule has 3 atom stereocenters. The third-order valence-electron chi connectivity index (χ3n) is 7.89. The van der Waals surface area contributed by atoms with Crippen molar-refractivity contribution in [3.05, 3.63) is 47.8 Å². The smallest absolute Gasteiger partial charge is 0.415 e. The number of alkyl carbamates (subject to hydrolysis) is 1. The van der Waals surface area contributed by atoms with E-state index in [4.69, 9.17) is 18.5 Å². The molecular formula is C33H55N4O8P. The maximum Gasteiger partial charge on any atom is 0.415 e. The SMILES string of the molecule is CCOP(=O)(OCC)C(O)[C@H](CC1CCCCC1)NC(C)CC1=CN(C(=O)NC(=O)OC(C)(C)C)CN1COCc1ccccc1. The Morgan fingerprint density at radius 3 is 2.33 bits per heavy atom. The van der Waals surface area contributed by atoms with Gasteiger partial charge in [-0.2, -0.15) is 0 Å². The minimum atomic E-state index is -3.79. The Morgan fingerprint density at radius 2 is 1.72 bits per heavy atom. The Labute approximate surface area is 274 Å². The Balaban J connectivity index is 1.75. The third-order valence-corrected chi connectivity index (χ3v) is 10.1. The molecule has 0 radical (unpaired) electrons. The van der Waals surface area contributed by atoms with Crippen molar-refractivity contribution in [1.82, 2.24) is 20.4 Å². The maximum atomic E-state index is 13.6. The highest BCUT2D eigenvalue weighted by Gasteiger charge is 2.41. The van der Waals surface area contributed by atoms with E-state index in [1.807, 2.05) is 42.2 Å². The minimum Gasteiger partial charge on any atom is -0.443 e. The molecule has 0 spiro atoms. The Morgan fingerprint density at radius 1 is 1.07 bits per heavy atom. The van der Waals surface area contributed by atoms with Gasteiger partial charge in [-0.25, -0.2) is 14.9 Å². The van der Waals surface area contributed by atoms with Crippen LogP contribution in [0.15, 0.2) is 42.2 Å². The number of aliphatic hydroxyl groups excluding tert-OH is 1. The van der Waals surface area contributed by atoms with Crippen LogP contribution in [0.5, 0.6) is 0 Å². The third kappa shape index (κ3) is 12.3. The molecule has 0 aromatic heterocycles. The summed E-state index contributed by atoms with van der Waals surface area (Å²) in [4.78, 5) is 28.7. The molecule has 3 N–H and O–H groups in total. The lowest BCUT2D eigenvalue weighted by Crippen LogP contribution is -2.46. The van der Waals surface area contributed by atoms with Crippen LogP contribution in [0.2, 0.25) is 0 Å². The van der Waals surface area contributed by atoms with Crippen LogP contribution >= 0.6 is 7.60 Å². The van der Waals surface area contributed by atoms with Crippen molar-refractivity contribution in [3.8, 4) is 0 Å². The van der Waals surface area contributed by atoms with Gasteiger partial charge in [0, 0.05) is 30.4 Å². The van der Waals surface area contributed by atoms with E-state index in [1.54, 1.807) is 40.8 Å². The van der Waals surface area contributed by atoms with Gasteiger partial charge in [0.25, 0.3) is 0 Å². The zero-order valence-corrected chi connectivity index (χ0v) is 29.3. The van der Waals surface area contributed by atoms with E-state index in [-0.39, 0.29) is 32.7 Å².